The van der Waals surface area contributed by atoms with Crippen LogP contribution in [0.1, 0.15) is 29.4 Å². The average molecular weight is 218 g/mol. The van der Waals surface area contributed by atoms with Crippen LogP contribution >= 0.6 is 0 Å². The molecule has 84 valence electrons. The fraction of sp³-hybridized carbons (Fsp3) is 0.364. The standard InChI is InChI=1S/C11H14N4O/c1-3-11(16)9-4-5-15(6-9)8-10-7-14(2)13-12-10/h4-7H,3,8H2,1-2H3. The van der Waals surface area contributed by atoms with Gasteiger partial charge in [-0.15, -0.1) is 5.10 Å². The molecule has 0 amide bonds. The number of ketones is 1. The van der Waals surface area contributed by atoms with Crippen LogP contribution < -0.4 is 0 Å². The van der Waals surface area contributed by atoms with Crippen LogP contribution in [0.15, 0.2) is 24.7 Å². The Kier molecular flexibility index (Phi) is 2.85. The maximum Gasteiger partial charge on any atom is 0.164 e. The molecule has 0 unspecified atom stereocenters. The molecular formula is C11H14N4O. The highest BCUT2D eigenvalue weighted by Crippen LogP contribution is 2.06. The van der Waals surface area contributed by atoms with Crippen LogP contribution in [0.25, 0.3) is 0 Å². The van der Waals surface area contributed by atoms with Crippen molar-refractivity contribution in [2.24, 2.45) is 7.05 Å². The molecule has 0 fully saturated rings. The van der Waals surface area contributed by atoms with Crippen LogP contribution in [0.3, 0.4) is 0 Å². The van der Waals surface area contributed by atoms with E-state index in [0.29, 0.717) is 13.0 Å². The summed E-state index contributed by atoms with van der Waals surface area (Å²) in [4.78, 5) is 11.4. The first-order valence-corrected chi connectivity index (χ1v) is 5.23. The minimum absolute atomic E-state index is 0.165. The molecule has 0 aliphatic heterocycles. The van der Waals surface area contributed by atoms with Gasteiger partial charge in [-0.3, -0.25) is 9.48 Å². The van der Waals surface area contributed by atoms with Gasteiger partial charge in [0.25, 0.3) is 0 Å². The molecule has 0 saturated carbocycles. The quantitative estimate of drug-likeness (QED) is 0.726. The van der Waals surface area contributed by atoms with E-state index >= 15 is 0 Å². The van der Waals surface area contributed by atoms with Crippen molar-refractivity contribution < 1.29 is 4.79 Å². The highest BCUT2D eigenvalue weighted by molar-refractivity contribution is 5.95. The third-order valence-electron chi connectivity index (χ3n) is 2.39. The molecule has 0 bridgehead atoms. The fourth-order valence-electron chi connectivity index (χ4n) is 1.56. The van der Waals surface area contributed by atoms with Gasteiger partial charge in [0.2, 0.25) is 0 Å². The summed E-state index contributed by atoms with van der Waals surface area (Å²) in [6.45, 7) is 2.51. The third-order valence-corrected chi connectivity index (χ3v) is 2.39. The molecule has 2 aromatic rings. The van der Waals surface area contributed by atoms with Gasteiger partial charge in [0.1, 0.15) is 5.69 Å². The molecule has 5 heteroatoms. The van der Waals surface area contributed by atoms with Crippen molar-refractivity contribution in [3.05, 3.63) is 35.9 Å². The molecule has 0 N–H and O–H groups in total. The first-order valence-electron chi connectivity index (χ1n) is 5.23. The second-order valence-electron chi connectivity index (χ2n) is 3.73. The van der Waals surface area contributed by atoms with E-state index in [2.05, 4.69) is 10.3 Å². The highest BCUT2D eigenvalue weighted by atomic mass is 16.1. The zero-order chi connectivity index (χ0) is 11.5. The first kappa shape index (κ1) is 10.6. The van der Waals surface area contributed by atoms with E-state index < -0.39 is 0 Å². The summed E-state index contributed by atoms with van der Waals surface area (Å²) in [5.74, 6) is 0.165. The summed E-state index contributed by atoms with van der Waals surface area (Å²) in [7, 11) is 1.83. The topological polar surface area (TPSA) is 52.7 Å². The van der Waals surface area contributed by atoms with Gasteiger partial charge in [0.15, 0.2) is 5.78 Å². The maximum atomic E-state index is 11.4. The lowest BCUT2D eigenvalue weighted by Crippen LogP contribution is -1.98. The zero-order valence-corrected chi connectivity index (χ0v) is 9.42. The number of hydrogen-bond donors (Lipinski definition) is 0. The maximum absolute atomic E-state index is 11.4. The number of Topliss-reactive ketones (excluding diaryl/α,β-unsaturated/α-hetero) is 1. The van der Waals surface area contributed by atoms with Gasteiger partial charge >= 0.3 is 0 Å². The minimum Gasteiger partial charge on any atom is -0.347 e. The SMILES string of the molecule is CCC(=O)c1ccn(Cc2cn(C)nn2)c1. The molecule has 0 aromatic carbocycles. The van der Waals surface area contributed by atoms with Crippen LogP contribution in [-0.4, -0.2) is 25.3 Å². The number of aryl methyl sites for hydroxylation is 1. The molecule has 16 heavy (non-hydrogen) atoms. The fourth-order valence-corrected chi connectivity index (χ4v) is 1.56. The van der Waals surface area contributed by atoms with Crippen LogP contribution in [0.4, 0.5) is 0 Å². The summed E-state index contributed by atoms with van der Waals surface area (Å²) in [5.41, 5.74) is 1.64. The molecule has 0 atom stereocenters. The number of rotatable bonds is 4. The molecular weight excluding hydrogens is 204 g/mol. The Morgan fingerprint density at radius 3 is 2.88 bits per heavy atom. The molecule has 2 heterocycles. The lowest BCUT2D eigenvalue weighted by Gasteiger charge is -1.97. The van der Waals surface area contributed by atoms with E-state index in [1.165, 1.54) is 0 Å². The monoisotopic (exact) mass is 218 g/mol. The summed E-state index contributed by atoms with van der Waals surface area (Å²) >= 11 is 0. The van der Waals surface area contributed by atoms with Gasteiger partial charge in [-0.1, -0.05) is 12.1 Å². The van der Waals surface area contributed by atoms with E-state index in [1.54, 1.807) is 4.68 Å². The molecule has 0 saturated heterocycles. The Morgan fingerprint density at radius 2 is 2.25 bits per heavy atom. The Labute approximate surface area is 93.7 Å². The first-order chi connectivity index (χ1) is 7.69. The normalized spacial score (nSPS) is 10.6. The lowest BCUT2D eigenvalue weighted by atomic mass is 10.2. The summed E-state index contributed by atoms with van der Waals surface area (Å²) in [5, 5.41) is 7.85. The van der Waals surface area contributed by atoms with Crippen molar-refractivity contribution in [2.75, 3.05) is 0 Å². The number of carbonyl (C=O) groups excluding carboxylic acids is 1. The van der Waals surface area contributed by atoms with Crippen molar-refractivity contribution in [3.8, 4) is 0 Å². The van der Waals surface area contributed by atoms with Gasteiger partial charge < -0.3 is 4.57 Å². The zero-order valence-electron chi connectivity index (χ0n) is 9.42. The van der Waals surface area contributed by atoms with E-state index in [4.69, 9.17) is 0 Å². The second-order valence-corrected chi connectivity index (χ2v) is 3.73. The van der Waals surface area contributed by atoms with E-state index in [0.717, 1.165) is 11.3 Å². The van der Waals surface area contributed by atoms with Crippen LogP contribution in [0.2, 0.25) is 0 Å². The minimum atomic E-state index is 0.165. The Balaban J connectivity index is 2.11. The highest BCUT2D eigenvalue weighted by Gasteiger charge is 2.06. The smallest absolute Gasteiger partial charge is 0.164 e. The van der Waals surface area contributed by atoms with E-state index in [-0.39, 0.29) is 5.78 Å². The Hall–Kier alpha value is -1.91. The summed E-state index contributed by atoms with van der Waals surface area (Å²) in [6, 6.07) is 1.84. The predicted molar refractivity (Wildman–Crippen MR) is 59.2 cm³/mol. The van der Waals surface area contributed by atoms with Crippen LogP contribution in [-0.2, 0) is 13.6 Å². The molecule has 2 aromatic heterocycles. The van der Waals surface area contributed by atoms with Crippen molar-refractivity contribution in [2.45, 2.75) is 19.9 Å². The summed E-state index contributed by atoms with van der Waals surface area (Å²) in [6.07, 6.45) is 6.13. The molecule has 0 spiro atoms. The number of nitrogens with zero attached hydrogens (tertiary/aromatic N) is 4. The van der Waals surface area contributed by atoms with E-state index in [9.17, 15) is 4.79 Å². The van der Waals surface area contributed by atoms with Crippen molar-refractivity contribution in [1.82, 2.24) is 19.6 Å². The largest absolute Gasteiger partial charge is 0.347 e. The molecule has 0 aliphatic carbocycles. The lowest BCUT2D eigenvalue weighted by molar-refractivity contribution is 0.0988. The van der Waals surface area contributed by atoms with Crippen LogP contribution in [0.5, 0.6) is 0 Å². The van der Waals surface area contributed by atoms with E-state index in [1.807, 2.05) is 43.2 Å². The van der Waals surface area contributed by atoms with Gasteiger partial charge in [-0.2, -0.15) is 0 Å². The van der Waals surface area contributed by atoms with Gasteiger partial charge in [0, 0.05) is 37.6 Å². The number of hydrogen-bond acceptors (Lipinski definition) is 3. The van der Waals surface area contributed by atoms with Gasteiger partial charge in [-0.25, -0.2) is 0 Å². The van der Waals surface area contributed by atoms with Gasteiger partial charge in [0.05, 0.1) is 6.54 Å². The van der Waals surface area contributed by atoms with Crippen LogP contribution in [0, 0.1) is 0 Å². The second kappa shape index (κ2) is 4.30. The Bertz CT molecular complexity index is 498. The van der Waals surface area contributed by atoms with Crippen molar-refractivity contribution in [1.29, 1.82) is 0 Å². The number of aromatic nitrogens is 4. The number of carbonyl (C=O) groups is 1. The van der Waals surface area contributed by atoms with Crippen molar-refractivity contribution in [3.63, 3.8) is 0 Å². The molecule has 5 nitrogen and oxygen atoms in total. The predicted octanol–water partition coefficient (Wildman–Crippen LogP) is 1.26. The molecule has 0 aliphatic rings. The van der Waals surface area contributed by atoms with Crippen molar-refractivity contribution >= 4 is 5.78 Å². The molecule has 0 radical (unpaired) electrons. The Morgan fingerprint density at radius 1 is 1.44 bits per heavy atom. The molecule has 2 rings (SSSR count). The van der Waals surface area contributed by atoms with Gasteiger partial charge in [-0.05, 0) is 6.07 Å². The average Bonchev–Trinajstić information content (AvgIpc) is 2.87. The summed E-state index contributed by atoms with van der Waals surface area (Å²) < 4.78 is 3.60. The third kappa shape index (κ3) is 2.18.